The number of carboxylic acid groups (broad SMARTS) is 1. The van der Waals surface area contributed by atoms with Gasteiger partial charge in [-0.15, -0.1) is 11.3 Å². The Bertz CT molecular complexity index is 1120. The van der Waals surface area contributed by atoms with Crippen molar-refractivity contribution in [1.29, 1.82) is 0 Å². The van der Waals surface area contributed by atoms with Crippen LogP contribution >= 0.6 is 11.3 Å². The smallest absolute Gasteiger partial charge is 0.407 e. The Labute approximate surface area is 194 Å². The maximum Gasteiger partial charge on any atom is 0.407 e. The molecule has 1 aromatic heterocycles. The molecule has 0 bridgehead atoms. The molecule has 0 saturated heterocycles. The van der Waals surface area contributed by atoms with Crippen LogP contribution in [0.15, 0.2) is 60.2 Å². The van der Waals surface area contributed by atoms with Crippen molar-refractivity contribution in [2.45, 2.75) is 18.4 Å². The summed E-state index contributed by atoms with van der Waals surface area (Å²) in [6.45, 7) is -0.351. The molecule has 0 aliphatic heterocycles. The maximum absolute atomic E-state index is 12.8. The molecule has 2 amide bonds. The molecule has 170 valence electrons. The molecule has 2 N–H and O–H groups in total. The van der Waals surface area contributed by atoms with E-state index in [-0.39, 0.29) is 18.9 Å². The predicted octanol–water partition coefficient (Wildman–Crippen LogP) is 3.14. The van der Waals surface area contributed by atoms with E-state index >= 15 is 0 Å². The van der Waals surface area contributed by atoms with Crippen molar-refractivity contribution in [2.75, 3.05) is 20.2 Å². The van der Waals surface area contributed by atoms with Gasteiger partial charge in [0, 0.05) is 30.5 Å². The number of carbonyl (C=O) groups is 3. The Morgan fingerprint density at radius 1 is 1.12 bits per heavy atom. The van der Waals surface area contributed by atoms with Gasteiger partial charge >= 0.3 is 12.1 Å². The predicted molar refractivity (Wildman–Crippen MR) is 123 cm³/mol. The number of hydrogen-bond acceptors (Lipinski definition) is 6. The van der Waals surface area contributed by atoms with Crippen molar-refractivity contribution in [3.05, 3.63) is 76.2 Å². The number of nitrogens with zero attached hydrogens (tertiary/aromatic N) is 2. The highest BCUT2D eigenvalue weighted by atomic mass is 32.1. The van der Waals surface area contributed by atoms with E-state index in [1.807, 2.05) is 36.4 Å². The van der Waals surface area contributed by atoms with Gasteiger partial charge in [0.05, 0.1) is 5.51 Å². The average Bonchev–Trinajstić information content (AvgIpc) is 3.42. The first-order chi connectivity index (χ1) is 15.9. The number of carbonyl (C=O) groups excluding carboxylic acids is 2. The van der Waals surface area contributed by atoms with Crippen LogP contribution in [0.4, 0.5) is 4.79 Å². The number of ether oxygens (including phenoxy) is 1. The van der Waals surface area contributed by atoms with E-state index in [0.29, 0.717) is 0 Å². The van der Waals surface area contributed by atoms with E-state index < -0.39 is 30.6 Å². The summed E-state index contributed by atoms with van der Waals surface area (Å²) in [7, 11) is 1.38. The fourth-order valence-electron chi connectivity index (χ4n) is 4.07. The number of aromatic nitrogens is 1. The van der Waals surface area contributed by atoms with Crippen molar-refractivity contribution in [1.82, 2.24) is 15.2 Å². The van der Waals surface area contributed by atoms with Gasteiger partial charge in [-0.25, -0.2) is 4.79 Å². The Hall–Kier alpha value is -3.72. The van der Waals surface area contributed by atoms with Gasteiger partial charge in [-0.3, -0.25) is 14.6 Å². The van der Waals surface area contributed by atoms with Crippen LogP contribution in [0.25, 0.3) is 11.1 Å². The van der Waals surface area contributed by atoms with Crippen molar-refractivity contribution in [3.8, 4) is 11.1 Å². The molecule has 1 unspecified atom stereocenters. The minimum Gasteiger partial charge on any atom is -0.480 e. The lowest BCUT2D eigenvalue weighted by atomic mass is 9.98. The summed E-state index contributed by atoms with van der Waals surface area (Å²) < 4.78 is 5.55. The number of amides is 2. The van der Waals surface area contributed by atoms with E-state index in [4.69, 9.17) is 9.84 Å². The highest BCUT2D eigenvalue weighted by molar-refractivity contribution is 7.09. The van der Waals surface area contributed by atoms with Crippen molar-refractivity contribution in [2.24, 2.45) is 0 Å². The summed E-state index contributed by atoms with van der Waals surface area (Å²) in [4.78, 5) is 42.3. The highest BCUT2D eigenvalue weighted by Crippen LogP contribution is 2.44. The number of thiazole rings is 1. The highest BCUT2D eigenvalue weighted by Gasteiger charge is 2.30. The number of hydrogen-bond donors (Lipinski definition) is 2. The van der Waals surface area contributed by atoms with Crippen LogP contribution in [-0.4, -0.2) is 59.2 Å². The van der Waals surface area contributed by atoms with Gasteiger partial charge in [0.15, 0.2) is 0 Å². The number of likely N-dealkylation sites (N-methyl/N-ethyl adjacent to an activating group) is 1. The van der Waals surface area contributed by atoms with Crippen LogP contribution in [0.1, 0.15) is 21.9 Å². The minimum atomic E-state index is -1.14. The molecular formula is C24H23N3O5S. The van der Waals surface area contributed by atoms with Crippen molar-refractivity contribution >= 4 is 29.3 Å². The van der Waals surface area contributed by atoms with Crippen molar-refractivity contribution in [3.63, 3.8) is 0 Å². The Morgan fingerprint density at radius 2 is 1.76 bits per heavy atom. The molecule has 0 spiro atoms. The summed E-state index contributed by atoms with van der Waals surface area (Å²) in [6, 6.07) is 15.1. The van der Waals surface area contributed by atoms with Gasteiger partial charge in [0.1, 0.15) is 19.2 Å². The molecule has 4 rings (SSSR count). The summed E-state index contributed by atoms with van der Waals surface area (Å²) in [5, 5.41) is 11.6. The molecule has 1 aliphatic carbocycles. The van der Waals surface area contributed by atoms with Crippen LogP contribution in [0.3, 0.4) is 0 Å². The normalized spacial score (nSPS) is 13.0. The van der Waals surface area contributed by atoms with E-state index in [0.717, 1.165) is 32.0 Å². The number of rotatable bonds is 8. The third kappa shape index (κ3) is 5.04. The van der Waals surface area contributed by atoms with Crippen LogP contribution in [0.5, 0.6) is 0 Å². The van der Waals surface area contributed by atoms with E-state index in [1.54, 1.807) is 11.7 Å². The number of carboxylic acids is 1. The lowest BCUT2D eigenvalue weighted by molar-refractivity contribution is -0.144. The fourth-order valence-corrected chi connectivity index (χ4v) is 4.72. The SMILES string of the molecule is CN(CC(=O)O)C(=O)C(Cc1cncs1)NC(=O)OCC1c2ccccc2-c2ccccc21. The quantitative estimate of drug-likeness (QED) is 0.529. The van der Waals surface area contributed by atoms with Gasteiger partial charge in [-0.05, 0) is 22.3 Å². The Morgan fingerprint density at radius 3 is 2.33 bits per heavy atom. The molecule has 2 aromatic carbocycles. The molecule has 0 radical (unpaired) electrons. The van der Waals surface area contributed by atoms with Crippen LogP contribution < -0.4 is 5.32 Å². The number of aliphatic carboxylic acids is 1. The van der Waals surface area contributed by atoms with Crippen LogP contribution in [-0.2, 0) is 20.7 Å². The standard InChI is InChI=1S/C24H23N3O5S/c1-27(12-22(28)29)23(30)21(10-15-11-25-14-33-15)26-24(31)32-13-20-18-8-4-2-6-16(18)17-7-3-5-9-19(17)20/h2-9,11,14,20-21H,10,12-13H2,1H3,(H,26,31)(H,28,29). The van der Waals surface area contributed by atoms with Gasteiger partial charge in [-0.2, -0.15) is 0 Å². The lowest BCUT2D eigenvalue weighted by Crippen LogP contribution is -2.49. The molecule has 0 saturated carbocycles. The topological polar surface area (TPSA) is 109 Å². The van der Waals surface area contributed by atoms with Gasteiger partial charge in [0.2, 0.25) is 5.91 Å². The van der Waals surface area contributed by atoms with Crippen LogP contribution in [0, 0.1) is 0 Å². The molecular weight excluding hydrogens is 442 g/mol. The van der Waals surface area contributed by atoms with E-state index in [9.17, 15) is 14.4 Å². The number of fused-ring (bicyclic) bond motifs is 3. The Balaban J connectivity index is 1.45. The van der Waals surface area contributed by atoms with E-state index in [2.05, 4.69) is 22.4 Å². The molecule has 9 heteroatoms. The van der Waals surface area contributed by atoms with Gasteiger partial charge in [0.25, 0.3) is 0 Å². The monoisotopic (exact) mass is 465 g/mol. The second-order valence-corrected chi connectivity index (χ2v) is 8.75. The number of nitrogens with one attached hydrogen (secondary N) is 1. The fraction of sp³-hybridized carbons (Fsp3) is 0.250. The second-order valence-electron chi connectivity index (χ2n) is 7.78. The zero-order valence-electron chi connectivity index (χ0n) is 17.9. The first-order valence-corrected chi connectivity index (χ1v) is 11.3. The summed E-state index contributed by atoms with van der Waals surface area (Å²) in [6.07, 6.45) is 1.07. The molecule has 1 atom stereocenters. The average molecular weight is 466 g/mol. The first kappa shape index (κ1) is 22.5. The maximum atomic E-state index is 12.8. The number of alkyl carbamates (subject to hydrolysis) is 1. The summed E-state index contributed by atoms with van der Waals surface area (Å²) in [5.74, 6) is -1.75. The zero-order valence-corrected chi connectivity index (χ0v) is 18.7. The molecule has 1 heterocycles. The largest absolute Gasteiger partial charge is 0.480 e. The summed E-state index contributed by atoms with van der Waals surface area (Å²) >= 11 is 1.35. The molecule has 33 heavy (non-hydrogen) atoms. The third-order valence-electron chi connectivity index (χ3n) is 5.57. The van der Waals surface area contributed by atoms with Gasteiger partial charge in [-0.1, -0.05) is 48.5 Å². The van der Waals surface area contributed by atoms with E-state index in [1.165, 1.54) is 18.4 Å². The molecule has 8 nitrogen and oxygen atoms in total. The zero-order chi connectivity index (χ0) is 23.4. The molecule has 0 fully saturated rings. The number of benzene rings is 2. The Kier molecular flexibility index (Phi) is 6.69. The molecule has 1 aliphatic rings. The second kappa shape index (κ2) is 9.83. The summed E-state index contributed by atoms with van der Waals surface area (Å²) in [5.41, 5.74) is 6.05. The minimum absolute atomic E-state index is 0.103. The third-order valence-corrected chi connectivity index (χ3v) is 6.37. The van der Waals surface area contributed by atoms with Gasteiger partial charge < -0.3 is 20.1 Å². The molecule has 3 aromatic rings. The van der Waals surface area contributed by atoms with Crippen LogP contribution in [0.2, 0.25) is 0 Å². The van der Waals surface area contributed by atoms with Crippen molar-refractivity contribution < 1.29 is 24.2 Å². The lowest BCUT2D eigenvalue weighted by Gasteiger charge is -2.23. The first-order valence-electron chi connectivity index (χ1n) is 10.4.